The van der Waals surface area contributed by atoms with Crippen LogP contribution in [0.15, 0.2) is 140 Å². The van der Waals surface area contributed by atoms with Gasteiger partial charge < -0.3 is 36.4 Å². The van der Waals surface area contributed by atoms with E-state index in [1.807, 2.05) is 12.4 Å². The van der Waals surface area contributed by atoms with Crippen LogP contribution in [-0.4, -0.2) is 12.0 Å². The van der Waals surface area contributed by atoms with Crippen LogP contribution in [0, 0.1) is 31.2 Å². The van der Waals surface area contributed by atoms with Gasteiger partial charge >= 0.3 is 21.1 Å². The van der Waals surface area contributed by atoms with Crippen LogP contribution >= 0.6 is 0 Å². The molecule has 8 rings (SSSR count). The van der Waals surface area contributed by atoms with E-state index in [1.165, 1.54) is 11.1 Å². The second-order valence-electron chi connectivity index (χ2n) is 10.7. The van der Waals surface area contributed by atoms with Crippen molar-refractivity contribution in [3.8, 4) is 22.3 Å². The molecule has 2 aliphatic rings. The summed E-state index contributed by atoms with van der Waals surface area (Å²) in [6, 6.07) is 48.4. The zero-order valence-corrected chi connectivity index (χ0v) is 27.2. The van der Waals surface area contributed by atoms with Gasteiger partial charge in [-0.25, -0.2) is 0 Å². The first-order valence-electron chi connectivity index (χ1n) is 14.6. The van der Waals surface area contributed by atoms with Crippen LogP contribution in [0.4, 0.5) is 39.8 Å². The van der Waals surface area contributed by atoms with E-state index in [1.54, 1.807) is 0 Å². The predicted octanol–water partition coefficient (Wildman–Crippen LogP) is 9.43. The Balaban J connectivity index is 0.00000122. The second-order valence-corrected chi connectivity index (χ2v) is 10.7. The van der Waals surface area contributed by atoms with Gasteiger partial charge in [0.25, 0.3) is 0 Å². The number of benzene rings is 5. The Labute approximate surface area is 284 Å². The number of aromatic nitrogens is 1. The van der Waals surface area contributed by atoms with Gasteiger partial charge in [-0.05, 0) is 42.4 Å². The first kappa shape index (κ1) is 30.6. The molecule has 2 aliphatic heterocycles. The summed E-state index contributed by atoms with van der Waals surface area (Å²) in [5.74, 6) is 0. The summed E-state index contributed by atoms with van der Waals surface area (Å²) in [5.41, 5.74) is 12.0. The molecule has 0 bridgehead atoms. The maximum Gasteiger partial charge on any atom is 4.00 e. The molecule has 224 valence electrons. The first-order chi connectivity index (χ1) is 22.3. The van der Waals surface area contributed by atoms with E-state index in [-0.39, 0.29) is 21.1 Å². The number of hydrogen-bond donors (Lipinski definition) is 0. The van der Waals surface area contributed by atoms with Crippen LogP contribution in [0.5, 0.6) is 0 Å². The van der Waals surface area contributed by atoms with Crippen LogP contribution in [-0.2, 0) is 21.1 Å². The quantitative estimate of drug-likeness (QED) is 0.163. The fourth-order valence-electron chi connectivity index (χ4n) is 6.06. The fraction of sp³-hybridized carbons (Fsp3) is 0.0256. The van der Waals surface area contributed by atoms with Crippen molar-refractivity contribution in [1.82, 2.24) is 4.98 Å². The zero-order chi connectivity index (χ0) is 30.8. The standard InChI is InChI=1S/C38H28N5.CN.Pt/c1-40-26-41(35-20-9-8-19-34(35)40)30-23-31(25-39-24-30)42-27-43(37-22-11-10-21-36(37)42)38-32(28-13-4-2-5-14-28)17-12-18-33(38)29-15-6-3-7-16-29;1-2;/h2-22,24-27H,1H3;;/q-3;-1;+4. The van der Waals surface area contributed by atoms with Crippen LogP contribution in [0.25, 0.3) is 22.3 Å². The molecule has 0 N–H and O–H groups in total. The van der Waals surface area contributed by atoms with Crippen molar-refractivity contribution >= 4 is 39.8 Å². The average Bonchev–Trinajstić information content (AvgIpc) is 3.68. The molecule has 0 amide bonds. The number of anilines is 7. The average molecular weight is 776 g/mol. The summed E-state index contributed by atoms with van der Waals surface area (Å²) in [5, 5.41) is 6.25. The van der Waals surface area contributed by atoms with Crippen LogP contribution in [0.1, 0.15) is 0 Å². The van der Waals surface area contributed by atoms with Crippen LogP contribution in [0.2, 0.25) is 0 Å². The van der Waals surface area contributed by atoms with E-state index >= 15 is 0 Å². The Hall–Kier alpha value is -5.37. The molecule has 3 heterocycles. The smallest absolute Gasteiger partial charge is 0.512 e. The van der Waals surface area contributed by atoms with Gasteiger partial charge in [0.2, 0.25) is 0 Å². The number of rotatable bonds is 5. The van der Waals surface area contributed by atoms with E-state index in [9.17, 15) is 0 Å². The van der Waals surface area contributed by atoms with E-state index in [0.29, 0.717) is 0 Å². The van der Waals surface area contributed by atoms with Crippen LogP contribution < -0.4 is 19.6 Å². The topological polar surface area (TPSA) is 49.6 Å². The van der Waals surface area contributed by atoms with E-state index in [2.05, 4.69) is 178 Å². The number of fused-ring (bicyclic) bond motifs is 2. The first-order valence-corrected chi connectivity index (χ1v) is 14.6. The van der Waals surface area contributed by atoms with E-state index in [4.69, 9.17) is 11.8 Å². The summed E-state index contributed by atoms with van der Waals surface area (Å²) >= 11 is 0. The second kappa shape index (κ2) is 13.3. The third kappa shape index (κ3) is 5.40. The SMILES string of the molecule is CN1[CH-]N(c2[c-]c(N3[CH-]N(c4c(-c5ccccc5)cccc4-c4ccccc4)c4ccccc43)cnc2)c2ccccc21.[C-]#N.[Pt+4]. The minimum atomic E-state index is 0. The Bertz CT molecular complexity index is 1920. The molecule has 7 heteroatoms. The Kier molecular flexibility index (Phi) is 8.87. The predicted molar refractivity (Wildman–Crippen MR) is 182 cm³/mol. The molecule has 6 aromatic rings. The summed E-state index contributed by atoms with van der Waals surface area (Å²) in [6.45, 7) is 9.00. The van der Waals surface area contributed by atoms with Gasteiger partial charge in [0, 0.05) is 39.6 Å². The van der Waals surface area contributed by atoms with Crippen molar-refractivity contribution in [2.75, 3.05) is 26.6 Å². The minimum absolute atomic E-state index is 0. The van der Waals surface area contributed by atoms with Crippen molar-refractivity contribution in [2.45, 2.75) is 0 Å². The van der Waals surface area contributed by atoms with Gasteiger partial charge in [-0.2, -0.15) is 6.67 Å². The summed E-state index contributed by atoms with van der Waals surface area (Å²) < 4.78 is 0. The van der Waals surface area contributed by atoms with Crippen molar-refractivity contribution in [3.05, 3.63) is 166 Å². The van der Waals surface area contributed by atoms with Crippen molar-refractivity contribution < 1.29 is 21.1 Å². The molecular formula is C39H28N6Pt. The number of hydrogen-bond acceptors (Lipinski definition) is 6. The van der Waals surface area contributed by atoms with Gasteiger partial charge in [-0.15, -0.1) is 12.7 Å². The molecule has 0 fully saturated rings. The Morgan fingerprint density at radius 3 is 1.52 bits per heavy atom. The molecule has 0 radical (unpaired) electrons. The third-order valence-electron chi connectivity index (χ3n) is 8.06. The molecule has 6 nitrogen and oxygen atoms in total. The normalized spacial score (nSPS) is 12.9. The summed E-state index contributed by atoms with van der Waals surface area (Å²) in [7, 11) is 2.06. The number of pyridine rings is 1. The molecule has 0 atom stereocenters. The third-order valence-corrected chi connectivity index (χ3v) is 8.06. The number of para-hydroxylation sites is 5. The molecule has 0 unspecified atom stereocenters. The van der Waals surface area contributed by atoms with Gasteiger partial charge in [0.05, 0.1) is 0 Å². The fourth-order valence-corrected chi connectivity index (χ4v) is 6.06. The van der Waals surface area contributed by atoms with Crippen molar-refractivity contribution in [1.29, 1.82) is 5.26 Å². The molecule has 0 saturated carbocycles. The largest absolute Gasteiger partial charge is 4.00 e. The van der Waals surface area contributed by atoms with E-state index < -0.39 is 0 Å². The van der Waals surface area contributed by atoms with Crippen molar-refractivity contribution in [2.24, 2.45) is 0 Å². The van der Waals surface area contributed by atoms with E-state index in [0.717, 1.165) is 50.9 Å². The summed E-state index contributed by atoms with van der Waals surface area (Å²) in [6.07, 6.45) is 3.75. The zero-order valence-electron chi connectivity index (χ0n) is 24.9. The van der Waals surface area contributed by atoms with Gasteiger partial charge in [0.15, 0.2) is 0 Å². The monoisotopic (exact) mass is 775 g/mol. The number of nitrogens with zero attached hydrogens (tertiary/aromatic N) is 6. The molecule has 0 saturated heterocycles. The Morgan fingerprint density at radius 1 is 0.543 bits per heavy atom. The molecular weight excluding hydrogens is 748 g/mol. The van der Waals surface area contributed by atoms with Gasteiger partial charge in [-0.1, -0.05) is 127 Å². The minimum Gasteiger partial charge on any atom is -0.512 e. The van der Waals surface area contributed by atoms with Crippen molar-refractivity contribution in [3.63, 3.8) is 0 Å². The maximum absolute atomic E-state index is 6.25. The molecule has 1 aromatic heterocycles. The molecule has 5 aromatic carbocycles. The van der Waals surface area contributed by atoms with Gasteiger partial charge in [0.1, 0.15) is 0 Å². The Morgan fingerprint density at radius 2 is 0.978 bits per heavy atom. The maximum atomic E-state index is 6.25. The van der Waals surface area contributed by atoms with Crippen LogP contribution in [0.3, 0.4) is 0 Å². The molecule has 0 aliphatic carbocycles. The summed E-state index contributed by atoms with van der Waals surface area (Å²) in [4.78, 5) is 13.4. The molecule has 0 spiro atoms. The molecule has 46 heavy (non-hydrogen) atoms. The van der Waals surface area contributed by atoms with Gasteiger partial charge in [-0.3, -0.25) is 0 Å².